The maximum atomic E-state index is 13.2. The number of likely N-dealkylation sites (tertiary alicyclic amines) is 2. The predicted molar refractivity (Wildman–Crippen MR) is 102 cm³/mol. The van der Waals surface area contributed by atoms with Crippen LogP contribution in [0.3, 0.4) is 0 Å². The molecule has 1 aliphatic carbocycles. The van der Waals surface area contributed by atoms with E-state index in [4.69, 9.17) is 0 Å². The van der Waals surface area contributed by atoms with Gasteiger partial charge >= 0.3 is 5.69 Å². The lowest BCUT2D eigenvalue weighted by Crippen LogP contribution is -2.43. The van der Waals surface area contributed by atoms with E-state index in [9.17, 15) is 4.79 Å². The third-order valence-corrected chi connectivity index (χ3v) is 6.62. The molecule has 0 spiro atoms. The van der Waals surface area contributed by atoms with Gasteiger partial charge in [-0.25, -0.2) is 9.78 Å². The summed E-state index contributed by atoms with van der Waals surface area (Å²) in [5, 5.41) is 0. The van der Waals surface area contributed by atoms with Crippen LogP contribution in [0.4, 0.5) is 0 Å². The van der Waals surface area contributed by atoms with Gasteiger partial charge in [-0.3, -0.25) is 14.0 Å². The summed E-state index contributed by atoms with van der Waals surface area (Å²) in [7, 11) is 2.21. The highest BCUT2D eigenvalue weighted by molar-refractivity contribution is 5.71. The van der Waals surface area contributed by atoms with Gasteiger partial charge in [0.05, 0.1) is 11.6 Å². The van der Waals surface area contributed by atoms with Gasteiger partial charge in [0.15, 0.2) is 5.65 Å². The minimum atomic E-state index is 0.154. The summed E-state index contributed by atoms with van der Waals surface area (Å²) in [6.07, 6.45) is 7.90. The highest BCUT2D eigenvalue weighted by Crippen LogP contribution is 2.32. The Kier molecular flexibility index (Phi) is 4.13. The first kappa shape index (κ1) is 16.5. The maximum Gasteiger partial charge on any atom is 0.330 e. The highest BCUT2D eigenvalue weighted by atomic mass is 16.1. The minimum absolute atomic E-state index is 0.154. The van der Waals surface area contributed by atoms with Crippen LogP contribution in [0.1, 0.15) is 38.1 Å². The molecule has 0 amide bonds. The van der Waals surface area contributed by atoms with Crippen molar-refractivity contribution < 1.29 is 0 Å². The normalized spacial score (nSPS) is 26.1. The van der Waals surface area contributed by atoms with Gasteiger partial charge in [0, 0.05) is 31.9 Å². The molecule has 0 radical (unpaired) electrons. The Bertz CT molecular complexity index is 843. The van der Waals surface area contributed by atoms with E-state index in [0.717, 1.165) is 37.2 Å². The smallest absolute Gasteiger partial charge is 0.306 e. The summed E-state index contributed by atoms with van der Waals surface area (Å²) in [5.41, 5.74) is 2.05. The fraction of sp³-hybridized carbons (Fsp3) is 0.700. The molecule has 6 nitrogen and oxygen atoms in total. The first-order valence-electron chi connectivity index (χ1n) is 10.2. The monoisotopic (exact) mass is 355 g/mol. The summed E-state index contributed by atoms with van der Waals surface area (Å²) < 4.78 is 3.99. The third kappa shape index (κ3) is 2.89. The fourth-order valence-corrected chi connectivity index (χ4v) is 4.84. The number of rotatable bonds is 4. The molecule has 1 saturated carbocycles. The summed E-state index contributed by atoms with van der Waals surface area (Å²) >= 11 is 0. The van der Waals surface area contributed by atoms with Gasteiger partial charge in [0.1, 0.15) is 0 Å². The Balaban J connectivity index is 1.42. The number of pyridine rings is 1. The quantitative estimate of drug-likeness (QED) is 0.841. The second-order valence-electron chi connectivity index (χ2n) is 8.52. The molecule has 2 aromatic rings. The van der Waals surface area contributed by atoms with E-state index in [1.807, 2.05) is 21.4 Å². The SMILES string of the molecule is CN1CCC(N2CC[C@@H](n3c(=O)n(CC4CC4)c4cccnc43)C2)CC1. The van der Waals surface area contributed by atoms with Crippen LogP contribution in [0.15, 0.2) is 23.1 Å². The van der Waals surface area contributed by atoms with Crippen LogP contribution in [0.5, 0.6) is 0 Å². The maximum absolute atomic E-state index is 13.2. The van der Waals surface area contributed by atoms with E-state index in [-0.39, 0.29) is 11.7 Å². The molecule has 5 rings (SSSR count). The van der Waals surface area contributed by atoms with E-state index in [1.54, 1.807) is 0 Å². The van der Waals surface area contributed by atoms with Crippen molar-refractivity contribution in [3.63, 3.8) is 0 Å². The van der Waals surface area contributed by atoms with E-state index >= 15 is 0 Å². The molecule has 26 heavy (non-hydrogen) atoms. The number of imidazole rings is 1. The number of fused-ring (bicyclic) bond motifs is 1. The Labute approximate surface area is 154 Å². The van der Waals surface area contributed by atoms with Gasteiger partial charge in [-0.05, 0) is 70.3 Å². The number of nitrogens with zero attached hydrogens (tertiary/aromatic N) is 5. The molecular formula is C20H29N5O. The molecular weight excluding hydrogens is 326 g/mol. The molecule has 2 saturated heterocycles. The lowest BCUT2D eigenvalue weighted by Gasteiger charge is -2.35. The van der Waals surface area contributed by atoms with Crippen molar-refractivity contribution in [1.82, 2.24) is 23.9 Å². The number of hydrogen-bond donors (Lipinski definition) is 0. The molecule has 0 unspecified atom stereocenters. The molecule has 1 atom stereocenters. The molecule has 4 heterocycles. The minimum Gasteiger partial charge on any atom is -0.306 e. The Morgan fingerprint density at radius 3 is 2.62 bits per heavy atom. The van der Waals surface area contributed by atoms with E-state index in [0.29, 0.717) is 12.0 Å². The van der Waals surface area contributed by atoms with E-state index in [2.05, 4.69) is 27.9 Å². The van der Waals surface area contributed by atoms with E-state index in [1.165, 1.54) is 38.8 Å². The molecule has 2 aliphatic heterocycles. The van der Waals surface area contributed by atoms with Crippen LogP contribution in [0.25, 0.3) is 11.2 Å². The zero-order valence-corrected chi connectivity index (χ0v) is 15.7. The van der Waals surface area contributed by atoms with Crippen molar-refractivity contribution in [3.8, 4) is 0 Å². The zero-order chi connectivity index (χ0) is 17.7. The molecule has 2 aromatic heterocycles. The Morgan fingerprint density at radius 1 is 1.08 bits per heavy atom. The summed E-state index contributed by atoms with van der Waals surface area (Å²) in [6, 6.07) is 4.96. The van der Waals surface area contributed by atoms with Crippen LogP contribution in [-0.4, -0.2) is 63.2 Å². The summed E-state index contributed by atoms with van der Waals surface area (Å²) in [6.45, 7) is 5.34. The average Bonchev–Trinajstić information content (AvgIpc) is 3.28. The first-order valence-corrected chi connectivity index (χ1v) is 10.2. The van der Waals surface area contributed by atoms with Crippen molar-refractivity contribution >= 4 is 11.2 Å². The predicted octanol–water partition coefficient (Wildman–Crippen LogP) is 1.95. The van der Waals surface area contributed by atoms with E-state index < -0.39 is 0 Å². The molecule has 6 heteroatoms. The van der Waals surface area contributed by atoms with Crippen molar-refractivity contribution in [3.05, 3.63) is 28.8 Å². The Morgan fingerprint density at radius 2 is 1.85 bits per heavy atom. The van der Waals surface area contributed by atoms with Gasteiger partial charge in [0.2, 0.25) is 0 Å². The standard InChI is InChI=1S/C20H29N5O/c1-22-10-6-16(7-11-22)23-12-8-17(14-23)25-19-18(3-2-9-21-19)24(20(25)26)13-15-4-5-15/h2-3,9,15-17H,4-8,10-14H2,1H3/t17-/m1/s1. The van der Waals surface area contributed by atoms with Crippen molar-refractivity contribution in [2.75, 3.05) is 33.2 Å². The van der Waals surface area contributed by atoms with Crippen LogP contribution in [0.2, 0.25) is 0 Å². The topological polar surface area (TPSA) is 46.3 Å². The molecule has 3 fully saturated rings. The van der Waals surface area contributed by atoms with Crippen LogP contribution >= 0.6 is 0 Å². The van der Waals surface area contributed by atoms with Crippen LogP contribution in [0, 0.1) is 5.92 Å². The van der Waals surface area contributed by atoms with Crippen LogP contribution < -0.4 is 5.69 Å². The molecule has 140 valence electrons. The highest BCUT2D eigenvalue weighted by Gasteiger charge is 2.33. The molecule has 0 bridgehead atoms. The van der Waals surface area contributed by atoms with Gasteiger partial charge < -0.3 is 4.90 Å². The summed E-state index contributed by atoms with van der Waals surface area (Å²) in [5.74, 6) is 0.686. The zero-order valence-electron chi connectivity index (χ0n) is 15.7. The van der Waals surface area contributed by atoms with Gasteiger partial charge in [-0.2, -0.15) is 0 Å². The number of piperidine rings is 1. The first-order chi connectivity index (χ1) is 12.7. The third-order valence-electron chi connectivity index (χ3n) is 6.62. The fourth-order valence-electron chi connectivity index (χ4n) is 4.84. The van der Waals surface area contributed by atoms with Gasteiger partial charge in [-0.1, -0.05) is 0 Å². The van der Waals surface area contributed by atoms with Crippen molar-refractivity contribution in [2.24, 2.45) is 5.92 Å². The van der Waals surface area contributed by atoms with Crippen molar-refractivity contribution in [2.45, 2.75) is 50.7 Å². The average molecular weight is 355 g/mol. The summed E-state index contributed by atoms with van der Waals surface area (Å²) in [4.78, 5) is 22.9. The number of aromatic nitrogens is 3. The lowest BCUT2D eigenvalue weighted by atomic mass is 10.0. The van der Waals surface area contributed by atoms with Gasteiger partial charge in [0.25, 0.3) is 0 Å². The largest absolute Gasteiger partial charge is 0.330 e. The molecule has 0 aromatic carbocycles. The second kappa shape index (κ2) is 6.50. The Hall–Kier alpha value is -1.66. The van der Waals surface area contributed by atoms with Crippen molar-refractivity contribution in [1.29, 1.82) is 0 Å². The van der Waals surface area contributed by atoms with Crippen LogP contribution in [-0.2, 0) is 6.54 Å². The second-order valence-corrected chi connectivity index (χ2v) is 8.52. The molecule has 3 aliphatic rings. The van der Waals surface area contributed by atoms with Gasteiger partial charge in [-0.15, -0.1) is 0 Å². The number of hydrogen-bond acceptors (Lipinski definition) is 4. The lowest BCUT2D eigenvalue weighted by molar-refractivity contribution is 0.140. The molecule has 0 N–H and O–H groups in total.